The molecular weight excluding hydrogens is 226 g/mol. The van der Waals surface area contributed by atoms with Crippen LogP contribution in [0, 0.1) is 0 Å². The zero-order valence-electron chi connectivity index (χ0n) is 11.0. The van der Waals surface area contributed by atoms with E-state index in [-0.39, 0.29) is 0 Å². The van der Waals surface area contributed by atoms with Gasteiger partial charge in [0.25, 0.3) is 0 Å². The minimum atomic E-state index is 0.349. The Morgan fingerprint density at radius 3 is 2.61 bits per heavy atom. The summed E-state index contributed by atoms with van der Waals surface area (Å²) in [5.41, 5.74) is 7.93. The highest BCUT2D eigenvalue weighted by Gasteiger charge is 2.15. The van der Waals surface area contributed by atoms with Crippen molar-refractivity contribution in [3.63, 3.8) is 0 Å². The molecule has 0 unspecified atom stereocenters. The Hall–Kier alpha value is -2.04. The third-order valence-corrected chi connectivity index (χ3v) is 3.00. The fraction of sp³-hybridized carbons (Fsp3) is 0.385. The van der Waals surface area contributed by atoms with Crippen molar-refractivity contribution < 1.29 is 0 Å². The smallest absolute Gasteiger partial charge is 0.147 e. The van der Waals surface area contributed by atoms with Gasteiger partial charge in [0.1, 0.15) is 5.82 Å². The van der Waals surface area contributed by atoms with E-state index in [0.717, 1.165) is 23.6 Å². The van der Waals surface area contributed by atoms with Crippen LogP contribution < -0.4 is 10.6 Å². The molecule has 2 rings (SSSR count). The second-order valence-corrected chi connectivity index (χ2v) is 4.64. The van der Waals surface area contributed by atoms with E-state index in [1.165, 1.54) is 0 Å². The van der Waals surface area contributed by atoms with Crippen LogP contribution in [0.3, 0.4) is 0 Å². The molecule has 5 nitrogen and oxygen atoms in total. The SMILES string of the molecule is CC(C)N(Cc1ccccc1N)c1cnnn1C. The molecule has 5 heteroatoms. The van der Waals surface area contributed by atoms with Gasteiger partial charge >= 0.3 is 0 Å². The normalized spacial score (nSPS) is 10.9. The number of hydrogen-bond acceptors (Lipinski definition) is 4. The Labute approximate surface area is 107 Å². The van der Waals surface area contributed by atoms with E-state index in [9.17, 15) is 0 Å². The third kappa shape index (κ3) is 2.45. The van der Waals surface area contributed by atoms with Gasteiger partial charge in [0.05, 0.1) is 6.20 Å². The summed E-state index contributed by atoms with van der Waals surface area (Å²) in [6.45, 7) is 5.05. The Morgan fingerprint density at radius 2 is 2.06 bits per heavy atom. The highest BCUT2D eigenvalue weighted by molar-refractivity contribution is 5.49. The van der Waals surface area contributed by atoms with E-state index in [0.29, 0.717) is 6.04 Å². The van der Waals surface area contributed by atoms with Gasteiger partial charge in [-0.15, -0.1) is 5.10 Å². The molecule has 0 amide bonds. The summed E-state index contributed by atoms with van der Waals surface area (Å²) in [6.07, 6.45) is 1.78. The second-order valence-electron chi connectivity index (χ2n) is 4.64. The minimum Gasteiger partial charge on any atom is -0.398 e. The summed E-state index contributed by atoms with van der Waals surface area (Å²) in [6, 6.07) is 8.28. The number of nitrogens with two attached hydrogens (primary N) is 1. The van der Waals surface area contributed by atoms with Crippen LogP contribution in [-0.4, -0.2) is 21.0 Å². The van der Waals surface area contributed by atoms with Crippen LogP contribution in [0.1, 0.15) is 19.4 Å². The predicted octanol–water partition coefficient (Wildman–Crippen LogP) is 1.81. The Balaban J connectivity index is 2.28. The summed E-state index contributed by atoms with van der Waals surface area (Å²) in [5, 5.41) is 7.91. The number of hydrogen-bond donors (Lipinski definition) is 1. The van der Waals surface area contributed by atoms with Crippen LogP contribution in [0.5, 0.6) is 0 Å². The van der Waals surface area contributed by atoms with E-state index in [1.807, 2.05) is 25.2 Å². The van der Waals surface area contributed by atoms with Crippen molar-refractivity contribution >= 4 is 11.5 Å². The van der Waals surface area contributed by atoms with Crippen molar-refractivity contribution in [3.05, 3.63) is 36.0 Å². The second kappa shape index (κ2) is 5.08. The first-order chi connectivity index (χ1) is 8.59. The lowest BCUT2D eigenvalue weighted by Gasteiger charge is -2.28. The summed E-state index contributed by atoms with van der Waals surface area (Å²) in [4.78, 5) is 2.23. The molecule has 1 heterocycles. The monoisotopic (exact) mass is 245 g/mol. The average Bonchev–Trinajstić information content (AvgIpc) is 2.74. The molecule has 0 aliphatic rings. The van der Waals surface area contributed by atoms with E-state index in [1.54, 1.807) is 10.9 Å². The first-order valence-corrected chi connectivity index (χ1v) is 6.04. The molecule has 1 aromatic carbocycles. The maximum Gasteiger partial charge on any atom is 0.147 e. The summed E-state index contributed by atoms with van der Waals surface area (Å²) in [7, 11) is 1.89. The maximum absolute atomic E-state index is 6.00. The Kier molecular flexibility index (Phi) is 3.50. The lowest BCUT2D eigenvalue weighted by molar-refractivity contribution is 0.628. The molecule has 1 aromatic heterocycles. The molecule has 2 N–H and O–H groups in total. The van der Waals surface area contributed by atoms with Crippen molar-refractivity contribution in [2.45, 2.75) is 26.4 Å². The van der Waals surface area contributed by atoms with Gasteiger partial charge in [-0.05, 0) is 25.5 Å². The number of nitrogens with zero attached hydrogens (tertiary/aromatic N) is 4. The lowest BCUT2D eigenvalue weighted by Crippen LogP contribution is -2.32. The number of aromatic nitrogens is 3. The molecule has 96 valence electrons. The van der Waals surface area contributed by atoms with Gasteiger partial charge in [0.2, 0.25) is 0 Å². The molecular formula is C13H19N5. The molecule has 18 heavy (non-hydrogen) atoms. The van der Waals surface area contributed by atoms with Crippen LogP contribution >= 0.6 is 0 Å². The zero-order chi connectivity index (χ0) is 13.1. The quantitative estimate of drug-likeness (QED) is 0.835. The highest BCUT2D eigenvalue weighted by Crippen LogP contribution is 2.20. The van der Waals surface area contributed by atoms with Gasteiger partial charge in [-0.2, -0.15) is 0 Å². The van der Waals surface area contributed by atoms with Crippen LogP contribution in [0.25, 0.3) is 0 Å². The minimum absolute atomic E-state index is 0.349. The van der Waals surface area contributed by atoms with Crippen molar-refractivity contribution in [1.82, 2.24) is 15.0 Å². The molecule has 0 bridgehead atoms. The topological polar surface area (TPSA) is 60.0 Å². The molecule has 0 spiro atoms. The van der Waals surface area contributed by atoms with Crippen molar-refractivity contribution in [1.29, 1.82) is 0 Å². The fourth-order valence-electron chi connectivity index (χ4n) is 1.93. The van der Waals surface area contributed by atoms with Gasteiger partial charge in [0, 0.05) is 25.3 Å². The van der Waals surface area contributed by atoms with E-state index in [2.05, 4.69) is 35.1 Å². The van der Waals surface area contributed by atoms with E-state index >= 15 is 0 Å². The molecule has 0 fully saturated rings. The van der Waals surface area contributed by atoms with Gasteiger partial charge in [-0.3, -0.25) is 0 Å². The standard InChI is InChI=1S/C13H19N5/c1-10(2)18(13-8-15-16-17(13)3)9-11-6-4-5-7-12(11)14/h4-8,10H,9,14H2,1-3H3. The number of para-hydroxylation sites is 1. The number of benzene rings is 1. The van der Waals surface area contributed by atoms with Crippen LogP contribution in [-0.2, 0) is 13.6 Å². The lowest BCUT2D eigenvalue weighted by atomic mass is 10.1. The summed E-state index contributed by atoms with van der Waals surface area (Å²) >= 11 is 0. The number of nitrogen functional groups attached to an aromatic ring is 1. The van der Waals surface area contributed by atoms with Crippen molar-refractivity contribution in [2.75, 3.05) is 10.6 Å². The molecule has 0 aliphatic carbocycles. The van der Waals surface area contributed by atoms with Crippen molar-refractivity contribution in [3.8, 4) is 0 Å². The predicted molar refractivity (Wildman–Crippen MR) is 73.2 cm³/mol. The number of aryl methyl sites for hydroxylation is 1. The Bertz CT molecular complexity index is 518. The summed E-state index contributed by atoms with van der Waals surface area (Å²) < 4.78 is 1.78. The van der Waals surface area contributed by atoms with Gasteiger partial charge in [0.15, 0.2) is 0 Å². The highest BCUT2D eigenvalue weighted by atomic mass is 15.5. The van der Waals surface area contributed by atoms with Crippen LogP contribution in [0.15, 0.2) is 30.5 Å². The summed E-state index contributed by atoms with van der Waals surface area (Å²) in [5.74, 6) is 0.994. The molecule has 0 aliphatic heterocycles. The zero-order valence-corrected chi connectivity index (χ0v) is 11.0. The van der Waals surface area contributed by atoms with Crippen LogP contribution in [0.2, 0.25) is 0 Å². The third-order valence-electron chi connectivity index (χ3n) is 3.00. The molecule has 0 saturated heterocycles. The Morgan fingerprint density at radius 1 is 1.33 bits per heavy atom. The first kappa shape index (κ1) is 12.4. The molecule has 0 atom stereocenters. The number of rotatable bonds is 4. The van der Waals surface area contributed by atoms with Gasteiger partial charge in [-0.1, -0.05) is 23.4 Å². The maximum atomic E-state index is 6.00. The first-order valence-electron chi connectivity index (χ1n) is 6.04. The van der Waals surface area contributed by atoms with Gasteiger partial charge in [-0.25, -0.2) is 4.68 Å². The van der Waals surface area contributed by atoms with Crippen LogP contribution in [0.4, 0.5) is 11.5 Å². The molecule has 2 aromatic rings. The fourth-order valence-corrected chi connectivity index (χ4v) is 1.93. The van der Waals surface area contributed by atoms with E-state index < -0.39 is 0 Å². The van der Waals surface area contributed by atoms with Gasteiger partial charge < -0.3 is 10.6 Å². The van der Waals surface area contributed by atoms with E-state index in [4.69, 9.17) is 5.73 Å². The largest absolute Gasteiger partial charge is 0.398 e. The molecule has 0 saturated carbocycles. The number of anilines is 2. The molecule has 0 radical (unpaired) electrons. The van der Waals surface area contributed by atoms with Crippen molar-refractivity contribution in [2.24, 2.45) is 7.05 Å². The average molecular weight is 245 g/mol.